The summed E-state index contributed by atoms with van der Waals surface area (Å²) in [6, 6.07) is 8.18. The summed E-state index contributed by atoms with van der Waals surface area (Å²) in [5.74, 6) is 0.688. The number of amides is 1. The number of carbonyl (C=O) groups is 1. The highest BCUT2D eigenvalue weighted by molar-refractivity contribution is 7.22. The standard InChI is InChI=1S/C22H26N4O2S2/c1-3-28-14(2)12-23-11-9-19(27)26-22-20(15-8-10-24-13-18(15)30-22)21-25-16-6-4-5-7-17(16)29-21/h4-7,23-24H,2-3,8-13H2,1H3,(H,26,27). The van der Waals surface area contributed by atoms with Gasteiger partial charge in [0.05, 0.1) is 23.4 Å². The molecule has 0 aliphatic carbocycles. The zero-order chi connectivity index (χ0) is 20.9. The van der Waals surface area contributed by atoms with Gasteiger partial charge < -0.3 is 20.7 Å². The molecule has 2 aromatic heterocycles. The summed E-state index contributed by atoms with van der Waals surface area (Å²) < 4.78 is 6.48. The topological polar surface area (TPSA) is 75.3 Å². The monoisotopic (exact) mass is 442 g/mol. The third-order valence-electron chi connectivity index (χ3n) is 4.89. The van der Waals surface area contributed by atoms with Gasteiger partial charge in [0, 0.05) is 30.0 Å². The average molecular weight is 443 g/mol. The lowest BCUT2D eigenvalue weighted by Crippen LogP contribution is -2.24. The molecule has 3 N–H and O–H groups in total. The van der Waals surface area contributed by atoms with E-state index in [0.29, 0.717) is 31.9 Å². The first-order chi connectivity index (χ1) is 14.7. The first-order valence-electron chi connectivity index (χ1n) is 10.2. The molecule has 1 aromatic carbocycles. The van der Waals surface area contributed by atoms with E-state index >= 15 is 0 Å². The smallest absolute Gasteiger partial charge is 0.226 e. The predicted octanol–water partition coefficient (Wildman–Crippen LogP) is 4.14. The number of para-hydroxylation sites is 1. The lowest BCUT2D eigenvalue weighted by atomic mass is 10.0. The number of thiazole rings is 1. The number of thiophene rings is 1. The van der Waals surface area contributed by atoms with Crippen LogP contribution < -0.4 is 16.0 Å². The highest BCUT2D eigenvalue weighted by Crippen LogP contribution is 2.44. The van der Waals surface area contributed by atoms with Crippen molar-refractivity contribution in [3.63, 3.8) is 0 Å². The SMILES string of the molecule is C=C(CNCCC(=O)Nc1sc2c(c1-c1nc3ccccc3s1)CCNC2)OCC. The molecule has 0 unspecified atom stereocenters. The van der Waals surface area contributed by atoms with Gasteiger partial charge in [0.15, 0.2) is 0 Å². The van der Waals surface area contributed by atoms with Gasteiger partial charge in [-0.15, -0.1) is 22.7 Å². The van der Waals surface area contributed by atoms with Crippen LogP contribution in [0.25, 0.3) is 20.8 Å². The molecule has 1 aliphatic rings. The summed E-state index contributed by atoms with van der Waals surface area (Å²) >= 11 is 3.35. The molecular weight excluding hydrogens is 416 g/mol. The minimum absolute atomic E-state index is 0.00145. The number of hydrogen-bond acceptors (Lipinski definition) is 7. The Bertz CT molecular complexity index is 1020. The molecule has 0 atom stereocenters. The van der Waals surface area contributed by atoms with Crippen LogP contribution in [-0.2, 0) is 22.5 Å². The van der Waals surface area contributed by atoms with E-state index in [9.17, 15) is 4.79 Å². The zero-order valence-electron chi connectivity index (χ0n) is 17.0. The third kappa shape index (κ3) is 4.73. The van der Waals surface area contributed by atoms with E-state index in [4.69, 9.17) is 9.72 Å². The van der Waals surface area contributed by atoms with Crippen molar-refractivity contribution in [2.75, 3.05) is 31.6 Å². The second kappa shape index (κ2) is 9.70. The van der Waals surface area contributed by atoms with Crippen LogP contribution >= 0.6 is 22.7 Å². The number of carbonyl (C=O) groups excluding carboxylic acids is 1. The number of benzene rings is 1. The summed E-state index contributed by atoms with van der Waals surface area (Å²) in [6.07, 6.45) is 1.34. The Hall–Kier alpha value is -2.26. The van der Waals surface area contributed by atoms with Crippen LogP contribution in [0, 0.1) is 0 Å². The van der Waals surface area contributed by atoms with E-state index in [2.05, 4.69) is 28.6 Å². The van der Waals surface area contributed by atoms with Gasteiger partial charge in [-0.3, -0.25) is 4.79 Å². The summed E-state index contributed by atoms with van der Waals surface area (Å²) in [6.45, 7) is 9.28. The van der Waals surface area contributed by atoms with E-state index in [0.717, 1.165) is 45.3 Å². The fourth-order valence-corrected chi connectivity index (χ4v) is 5.85. The Balaban J connectivity index is 1.50. The maximum atomic E-state index is 12.6. The van der Waals surface area contributed by atoms with Crippen LogP contribution in [0.1, 0.15) is 23.8 Å². The molecule has 3 heterocycles. The van der Waals surface area contributed by atoms with Gasteiger partial charge in [-0.05, 0) is 37.6 Å². The molecule has 4 rings (SSSR count). The van der Waals surface area contributed by atoms with Gasteiger partial charge >= 0.3 is 0 Å². The summed E-state index contributed by atoms with van der Waals surface area (Å²) in [4.78, 5) is 18.8. The van der Waals surface area contributed by atoms with Crippen molar-refractivity contribution in [3.8, 4) is 10.6 Å². The molecule has 158 valence electrons. The van der Waals surface area contributed by atoms with E-state index in [1.54, 1.807) is 22.7 Å². The minimum atomic E-state index is -0.00145. The number of hydrogen-bond donors (Lipinski definition) is 3. The van der Waals surface area contributed by atoms with Crippen molar-refractivity contribution < 1.29 is 9.53 Å². The van der Waals surface area contributed by atoms with Crippen molar-refractivity contribution >= 4 is 43.8 Å². The van der Waals surface area contributed by atoms with Crippen molar-refractivity contribution in [2.45, 2.75) is 26.3 Å². The van der Waals surface area contributed by atoms with E-state index in [-0.39, 0.29) is 5.91 Å². The van der Waals surface area contributed by atoms with Crippen molar-refractivity contribution in [1.29, 1.82) is 0 Å². The van der Waals surface area contributed by atoms with Crippen LogP contribution in [0.5, 0.6) is 0 Å². The molecule has 1 amide bonds. The van der Waals surface area contributed by atoms with Gasteiger partial charge in [-0.2, -0.15) is 0 Å². The van der Waals surface area contributed by atoms with Gasteiger partial charge in [0.1, 0.15) is 15.8 Å². The maximum absolute atomic E-state index is 12.6. The number of nitrogens with zero attached hydrogens (tertiary/aromatic N) is 1. The van der Waals surface area contributed by atoms with Gasteiger partial charge in [-0.25, -0.2) is 4.98 Å². The molecule has 3 aromatic rings. The molecule has 0 bridgehead atoms. The number of nitrogens with one attached hydrogen (secondary N) is 3. The molecule has 0 radical (unpaired) electrons. The number of aromatic nitrogens is 1. The first kappa shape index (κ1) is 21.0. The zero-order valence-corrected chi connectivity index (χ0v) is 18.7. The normalized spacial score (nSPS) is 13.2. The number of rotatable bonds is 9. The van der Waals surface area contributed by atoms with Crippen molar-refractivity contribution in [3.05, 3.63) is 47.0 Å². The van der Waals surface area contributed by atoms with Crippen LogP contribution in [0.15, 0.2) is 36.6 Å². The van der Waals surface area contributed by atoms with Crippen molar-refractivity contribution in [2.24, 2.45) is 0 Å². The van der Waals surface area contributed by atoms with Crippen LogP contribution in [0.4, 0.5) is 5.00 Å². The summed E-state index contributed by atoms with van der Waals surface area (Å²) in [5.41, 5.74) is 3.42. The van der Waals surface area contributed by atoms with Crippen LogP contribution in [0.2, 0.25) is 0 Å². The molecule has 0 spiro atoms. The third-order valence-corrected chi connectivity index (χ3v) is 7.09. The highest BCUT2D eigenvalue weighted by Gasteiger charge is 2.25. The van der Waals surface area contributed by atoms with Gasteiger partial charge in [0.2, 0.25) is 5.91 Å². The fraction of sp³-hybridized carbons (Fsp3) is 0.364. The number of ether oxygens (including phenoxy) is 1. The lowest BCUT2D eigenvalue weighted by Gasteiger charge is -2.13. The minimum Gasteiger partial charge on any atom is -0.497 e. The summed E-state index contributed by atoms with van der Waals surface area (Å²) in [7, 11) is 0. The molecule has 6 nitrogen and oxygen atoms in total. The largest absolute Gasteiger partial charge is 0.497 e. The van der Waals surface area contributed by atoms with Gasteiger partial charge in [0.25, 0.3) is 0 Å². The quantitative estimate of drug-likeness (QED) is 0.343. The summed E-state index contributed by atoms with van der Waals surface area (Å²) in [5, 5.41) is 11.7. The van der Waals surface area contributed by atoms with Gasteiger partial charge in [-0.1, -0.05) is 18.7 Å². The second-order valence-corrected chi connectivity index (χ2v) is 9.20. The number of anilines is 1. The highest BCUT2D eigenvalue weighted by atomic mass is 32.1. The Labute approximate surface area is 184 Å². The van der Waals surface area contributed by atoms with Crippen molar-refractivity contribution in [1.82, 2.24) is 15.6 Å². The molecule has 0 saturated heterocycles. The molecule has 0 fully saturated rings. The lowest BCUT2D eigenvalue weighted by molar-refractivity contribution is -0.116. The van der Waals surface area contributed by atoms with Crippen LogP contribution in [0.3, 0.4) is 0 Å². The molecule has 1 aliphatic heterocycles. The van der Waals surface area contributed by atoms with E-state index in [1.807, 2.05) is 25.1 Å². The van der Waals surface area contributed by atoms with E-state index < -0.39 is 0 Å². The Morgan fingerprint density at radius 3 is 3.03 bits per heavy atom. The average Bonchev–Trinajstić information content (AvgIpc) is 3.31. The Morgan fingerprint density at radius 2 is 2.20 bits per heavy atom. The molecular formula is C22H26N4O2S2. The fourth-order valence-electron chi connectivity index (χ4n) is 3.50. The molecule has 8 heteroatoms. The predicted molar refractivity (Wildman–Crippen MR) is 125 cm³/mol. The number of fused-ring (bicyclic) bond motifs is 2. The second-order valence-electron chi connectivity index (χ2n) is 7.07. The Morgan fingerprint density at radius 1 is 1.33 bits per heavy atom. The van der Waals surface area contributed by atoms with Crippen LogP contribution in [-0.4, -0.2) is 37.1 Å². The maximum Gasteiger partial charge on any atom is 0.226 e. The van der Waals surface area contributed by atoms with E-state index in [1.165, 1.54) is 10.4 Å². The molecule has 30 heavy (non-hydrogen) atoms. The first-order valence-corrected chi connectivity index (χ1v) is 11.8. The Kier molecular flexibility index (Phi) is 6.79. The molecule has 0 saturated carbocycles.